The molecular formula is C29H29BrN2O4. The van der Waals surface area contributed by atoms with Crippen LogP contribution in [0.4, 0.5) is 0 Å². The maximum atomic E-state index is 13.3. The normalized spacial score (nSPS) is 12.1. The maximum absolute atomic E-state index is 13.3. The largest absolute Gasteiger partial charge is 0.459 e. The van der Waals surface area contributed by atoms with E-state index < -0.39 is 23.8 Å². The van der Waals surface area contributed by atoms with Crippen LogP contribution in [0.5, 0.6) is 0 Å². The topological polar surface area (TPSA) is 84.5 Å². The molecule has 0 fully saturated rings. The molecule has 0 aromatic heterocycles. The molecule has 0 radical (unpaired) electrons. The van der Waals surface area contributed by atoms with Crippen molar-refractivity contribution in [2.75, 3.05) is 0 Å². The van der Waals surface area contributed by atoms with E-state index in [1.165, 1.54) is 0 Å². The Morgan fingerprint density at radius 3 is 2.11 bits per heavy atom. The van der Waals surface area contributed by atoms with Crippen molar-refractivity contribution in [2.45, 2.75) is 32.9 Å². The highest BCUT2D eigenvalue weighted by Gasteiger charge is 2.26. The number of nitrogens with one attached hydrogen (secondary N) is 2. The summed E-state index contributed by atoms with van der Waals surface area (Å²) in [5, 5.41) is 5.47. The fourth-order valence-electron chi connectivity index (χ4n) is 3.42. The monoisotopic (exact) mass is 548 g/mol. The summed E-state index contributed by atoms with van der Waals surface area (Å²) < 4.78 is 6.37. The average molecular weight is 549 g/mol. The quantitative estimate of drug-likeness (QED) is 0.259. The fraction of sp³-hybridized carbons (Fsp3) is 0.207. The van der Waals surface area contributed by atoms with E-state index in [4.69, 9.17) is 4.74 Å². The Hall–Kier alpha value is -3.71. The SMILES string of the molecule is CC(C)CC(NC(=O)/C(=C\c1ccc(Br)cc1)NC(=O)c1ccccc1)C(=O)OCc1ccccc1. The lowest BCUT2D eigenvalue weighted by molar-refractivity contribution is -0.149. The zero-order valence-electron chi connectivity index (χ0n) is 20.2. The van der Waals surface area contributed by atoms with E-state index in [1.807, 2.05) is 68.4 Å². The molecule has 2 amide bonds. The van der Waals surface area contributed by atoms with Crippen molar-refractivity contribution >= 4 is 39.8 Å². The van der Waals surface area contributed by atoms with Crippen LogP contribution in [0, 0.1) is 5.92 Å². The second kappa shape index (κ2) is 13.4. The minimum atomic E-state index is -0.872. The summed E-state index contributed by atoms with van der Waals surface area (Å²) in [4.78, 5) is 39.1. The Morgan fingerprint density at radius 1 is 0.889 bits per heavy atom. The van der Waals surface area contributed by atoms with Gasteiger partial charge in [0.05, 0.1) is 0 Å². The second-order valence-electron chi connectivity index (χ2n) is 8.68. The first-order valence-corrected chi connectivity index (χ1v) is 12.5. The molecule has 6 nitrogen and oxygen atoms in total. The Labute approximate surface area is 219 Å². The Morgan fingerprint density at radius 2 is 1.50 bits per heavy atom. The standard InChI is InChI=1S/C29H29BrN2O4/c1-20(2)17-26(29(35)36-19-22-9-5-3-6-10-22)32-28(34)25(18-21-13-15-24(30)16-14-21)31-27(33)23-11-7-4-8-12-23/h3-16,18,20,26H,17,19H2,1-2H3,(H,31,33)(H,32,34)/b25-18+. The second-order valence-corrected chi connectivity index (χ2v) is 9.59. The molecule has 0 aliphatic carbocycles. The predicted molar refractivity (Wildman–Crippen MR) is 144 cm³/mol. The zero-order chi connectivity index (χ0) is 25.9. The van der Waals surface area contributed by atoms with Gasteiger partial charge in [-0.15, -0.1) is 0 Å². The van der Waals surface area contributed by atoms with Gasteiger partial charge in [0.2, 0.25) is 0 Å². The van der Waals surface area contributed by atoms with Gasteiger partial charge in [0.1, 0.15) is 18.3 Å². The van der Waals surface area contributed by atoms with Gasteiger partial charge in [0.15, 0.2) is 0 Å². The first kappa shape index (κ1) is 26.9. The summed E-state index contributed by atoms with van der Waals surface area (Å²) in [6.45, 7) is 4.02. The van der Waals surface area contributed by atoms with Crippen LogP contribution in [0.2, 0.25) is 0 Å². The summed E-state index contributed by atoms with van der Waals surface area (Å²) in [5.41, 5.74) is 2.00. The molecule has 186 valence electrons. The van der Waals surface area contributed by atoms with Crippen LogP contribution < -0.4 is 10.6 Å². The Kier molecular flexibility index (Phi) is 10.0. The lowest BCUT2D eigenvalue weighted by Gasteiger charge is -2.20. The van der Waals surface area contributed by atoms with Crippen LogP contribution in [0.15, 0.2) is 95.1 Å². The Bertz CT molecular complexity index is 1190. The van der Waals surface area contributed by atoms with Crippen molar-refractivity contribution in [3.63, 3.8) is 0 Å². The van der Waals surface area contributed by atoms with E-state index >= 15 is 0 Å². The number of esters is 1. The molecule has 3 aromatic carbocycles. The predicted octanol–water partition coefficient (Wildman–Crippen LogP) is 5.49. The van der Waals surface area contributed by atoms with Crippen molar-refractivity contribution in [3.8, 4) is 0 Å². The molecule has 2 N–H and O–H groups in total. The number of rotatable bonds is 10. The molecule has 3 aromatic rings. The van der Waals surface area contributed by atoms with E-state index in [2.05, 4.69) is 26.6 Å². The molecule has 0 saturated heterocycles. The molecule has 1 unspecified atom stereocenters. The number of ether oxygens (including phenoxy) is 1. The van der Waals surface area contributed by atoms with Gasteiger partial charge in [-0.05, 0) is 53.8 Å². The molecule has 3 rings (SSSR count). The third-order valence-corrected chi connectivity index (χ3v) is 5.76. The number of amides is 2. The van der Waals surface area contributed by atoms with Gasteiger partial charge in [-0.3, -0.25) is 9.59 Å². The minimum absolute atomic E-state index is 0.0239. The van der Waals surface area contributed by atoms with E-state index in [1.54, 1.807) is 36.4 Å². The van der Waals surface area contributed by atoms with Crippen LogP contribution in [0.3, 0.4) is 0 Å². The van der Waals surface area contributed by atoms with Gasteiger partial charge < -0.3 is 15.4 Å². The third kappa shape index (κ3) is 8.50. The van der Waals surface area contributed by atoms with Gasteiger partial charge in [-0.2, -0.15) is 0 Å². The van der Waals surface area contributed by atoms with E-state index in [0.29, 0.717) is 17.5 Å². The summed E-state index contributed by atoms with van der Waals surface area (Å²) in [6.07, 6.45) is 1.96. The van der Waals surface area contributed by atoms with Crippen LogP contribution >= 0.6 is 15.9 Å². The van der Waals surface area contributed by atoms with Gasteiger partial charge in [0.25, 0.3) is 11.8 Å². The van der Waals surface area contributed by atoms with Crippen molar-refractivity contribution < 1.29 is 19.1 Å². The van der Waals surface area contributed by atoms with Crippen molar-refractivity contribution in [3.05, 3.63) is 112 Å². The summed E-state index contributed by atoms with van der Waals surface area (Å²) in [5.74, 6) is -1.42. The van der Waals surface area contributed by atoms with E-state index in [0.717, 1.165) is 10.0 Å². The summed E-state index contributed by atoms with van der Waals surface area (Å²) in [6, 6.07) is 24.4. The lowest BCUT2D eigenvalue weighted by atomic mass is 10.0. The highest BCUT2D eigenvalue weighted by molar-refractivity contribution is 9.10. The van der Waals surface area contributed by atoms with Gasteiger partial charge in [0, 0.05) is 10.0 Å². The third-order valence-electron chi connectivity index (χ3n) is 5.23. The molecule has 0 heterocycles. The van der Waals surface area contributed by atoms with E-state index in [9.17, 15) is 14.4 Å². The molecule has 7 heteroatoms. The average Bonchev–Trinajstić information content (AvgIpc) is 2.88. The highest BCUT2D eigenvalue weighted by atomic mass is 79.9. The van der Waals surface area contributed by atoms with Crippen LogP contribution in [0.1, 0.15) is 41.8 Å². The van der Waals surface area contributed by atoms with Crippen molar-refractivity contribution in [1.82, 2.24) is 10.6 Å². The maximum Gasteiger partial charge on any atom is 0.328 e. The van der Waals surface area contributed by atoms with Crippen LogP contribution in [0.25, 0.3) is 6.08 Å². The van der Waals surface area contributed by atoms with Crippen molar-refractivity contribution in [1.29, 1.82) is 0 Å². The summed E-state index contributed by atoms with van der Waals surface area (Å²) in [7, 11) is 0. The molecule has 0 spiro atoms. The molecule has 0 bridgehead atoms. The summed E-state index contributed by atoms with van der Waals surface area (Å²) >= 11 is 3.39. The molecule has 0 saturated carbocycles. The number of benzene rings is 3. The number of hydrogen-bond acceptors (Lipinski definition) is 4. The molecule has 36 heavy (non-hydrogen) atoms. The van der Waals surface area contributed by atoms with Gasteiger partial charge >= 0.3 is 5.97 Å². The number of carbonyl (C=O) groups is 3. The highest BCUT2D eigenvalue weighted by Crippen LogP contribution is 2.14. The van der Waals surface area contributed by atoms with Crippen LogP contribution in [-0.2, 0) is 20.9 Å². The Balaban J connectivity index is 1.80. The number of halogens is 1. The number of hydrogen-bond donors (Lipinski definition) is 2. The molecule has 1 atom stereocenters. The minimum Gasteiger partial charge on any atom is -0.459 e. The molecular weight excluding hydrogens is 520 g/mol. The first-order valence-electron chi connectivity index (χ1n) is 11.7. The molecule has 0 aliphatic heterocycles. The van der Waals surface area contributed by atoms with Crippen molar-refractivity contribution in [2.24, 2.45) is 5.92 Å². The van der Waals surface area contributed by atoms with Crippen LogP contribution in [-0.4, -0.2) is 23.8 Å². The zero-order valence-corrected chi connectivity index (χ0v) is 21.8. The van der Waals surface area contributed by atoms with Gasteiger partial charge in [-0.1, -0.05) is 90.4 Å². The first-order chi connectivity index (χ1) is 17.3. The fourth-order valence-corrected chi connectivity index (χ4v) is 3.68. The van der Waals surface area contributed by atoms with Gasteiger partial charge in [-0.25, -0.2) is 4.79 Å². The molecule has 0 aliphatic rings. The number of carbonyl (C=O) groups excluding carboxylic acids is 3. The lowest BCUT2D eigenvalue weighted by Crippen LogP contribution is -2.45. The van der Waals surface area contributed by atoms with E-state index in [-0.39, 0.29) is 18.2 Å². The smallest absolute Gasteiger partial charge is 0.328 e.